The van der Waals surface area contributed by atoms with Crippen LogP contribution in [0.25, 0.3) is 6.20 Å². The predicted octanol–water partition coefficient (Wildman–Crippen LogP) is 1.47. The first-order valence-electron chi connectivity index (χ1n) is 3.68. The topological polar surface area (TPSA) is 44.1 Å². The first-order chi connectivity index (χ1) is 6.15. The number of hydrogen-bond donors (Lipinski definition) is 0. The lowest BCUT2D eigenvalue weighted by molar-refractivity contribution is -0.130. The molecule has 0 fully saturated rings. The smallest absolute Gasteiger partial charge is 0.340 e. The van der Waals surface area contributed by atoms with Gasteiger partial charge in [0, 0.05) is 24.2 Å². The number of rotatable bonds is 3. The summed E-state index contributed by atoms with van der Waals surface area (Å²) in [5, 5.41) is 0. The van der Waals surface area contributed by atoms with E-state index in [0.717, 1.165) is 0 Å². The fourth-order valence-corrected chi connectivity index (χ4v) is 0.687. The minimum absolute atomic E-state index is 0.197. The van der Waals surface area contributed by atoms with Crippen LogP contribution in [0.1, 0.15) is 6.92 Å². The standard InChI is InChI=1S/C9H10N2O2/c1-4-11-6-5-10-9(11)13-8(12)7(2)3/h4-6H,1-2H2,3H3. The molecule has 0 aliphatic heterocycles. The van der Waals surface area contributed by atoms with Gasteiger partial charge in [-0.1, -0.05) is 13.2 Å². The summed E-state index contributed by atoms with van der Waals surface area (Å²) < 4.78 is 6.38. The second kappa shape index (κ2) is 3.71. The zero-order valence-electron chi connectivity index (χ0n) is 7.36. The molecular formula is C9H10N2O2. The van der Waals surface area contributed by atoms with Gasteiger partial charge >= 0.3 is 12.0 Å². The van der Waals surface area contributed by atoms with Gasteiger partial charge < -0.3 is 4.74 Å². The van der Waals surface area contributed by atoms with Crippen LogP contribution in [0, 0.1) is 0 Å². The van der Waals surface area contributed by atoms with E-state index in [4.69, 9.17) is 4.74 Å². The molecule has 68 valence electrons. The van der Waals surface area contributed by atoms with Crippen molar-refractivity contribution >= 4 is 12.2 Å². The van der Waals surface area contributed by atoms with E-state index in [1.807, 2.05) is 0 Å². The van der Waals surface area contributed by atoms with Crippen molar-refractivity contribution in [3.05, 3.63) is 31.1 Å². The zero-order valence-corrected chi connectivity index (χ0v) is 7.36. The third kappa shape index (κ3) is 2.05. The van der Waals surface area contributed by atoms with Crippen LogP contribution < -0.4 is 4.74 Å². The number of imidazole rings is 1. The summed E-state index contributed by atoms with van der Waals surface area (Å²) in [6.45, 7) is 8.55. The second-order valence-corrected chi connectivity index (χ2v) is 2.47. The summed E-state index contributed by atoms with van der Waals surface area (Å²) >= 11 is 0. The number of esters is 1. The van der Waals surface area contributed by atoms with E-state index < -0.39 is 5.97 Å². The Bertz CT molecular complexity index is 352. The van der Waals surface area contributed by atoms with Crippen LogP contribution >= 0.6 is 0 Å². The Hall–Kier alpha value is -1.84. The van der Waals surface area contributed by atoms with Gasteiger partial charge in [0.15, 0.2) is 0 Å². The molecule has 0 saturated carbocycles. The molecule has 0 N–H and O–H groups in total. The minimum Gasteiger partial charge on any atom is -0.388 e. The van der Waals surface area contributed by atoms with E-state index in [-0.39, 0.29) is 6.01 Å². The van der Waals surface area contributed by atoms with Gasteiger partial charge in [-0.3, -0.25) is 4.57 Å². The fourth-order valence-electron chi connectivity index (χ4n) is 0.687. The Kier molecular flexibility index (Phi) is 2.64. The summed E-state index contributed by atoms with van der Waals surface area (Å²) in [5.74, 6) is -0.491. The van der Waals surface area contributed by atoms with Gasteiger partial charge in [0.2, 0.25) is 0 Å². The van der Waals surface area contributed by atoms with Crippen LogP contribution in [0.2, 0.25) is 0 Å². The summed E-state index contributed by atoms with van der Waals surface area (Å²) in [4.78, 5) is 14.9. The summed E-state index contributed by atoms with van der Waals surface area (Å²) in [7, 11) is 0. The maximum absolute atomic E-state index is 11.1. The third-order valence-corrected chi connectivity index (χ3v) is 1.36. The molecule has 1 aromatic rings. The quantitative estimate of drug-likeness (QED) is 0.520. The molecule has 0 amide bonds. The van der Waals surface area contributed by atoms with Gasteiger partial charge in [0.05, 0.1) is 0 Å². The zero-order chi connectivity index (χ0) is 9.84. The van der Waals surface area contributed by atoms with Gasteiger partial charge in [-0.15, -0.1) is 0 Å². The van der Waals surface area contributed by atoms with Crippen LogP contribution in [0.15, 0.2) is 31.1 Å². The van der Waals surface area contributed by atoms with Crippen molar-refractivity contribution in [2.75, 3.05) is 0 Å². The first kappa shape index (κ1) is 9.25. The van der Waals surface area contributed by atoms with E-state index in [2.05, 4.69) is 18.1 Å². The second-order valence-electron chi connectivity index (χ2n) is 2.47. The van der Waals surface area contributed by atoms with E-state index in [1.54, 1.807) is 13.1 Å². The van der Waals surface area contributed by atoms with Gasteiger partial charge in [0.1, 0.15) is 0 Å². The van der Waals surface area contributed by atoms with Crippen molar-refractivity contribution in [3.8, 4) is 6.01 Å². The molecule has 0 aliphatic rings. The molecule has 4 nitrogen and oxygen atoms in total. The Morgan fingerprint density at radius 2 is 2.46 bits per heavy atom. The number of ether oxygens (including phenoxy) is 1. The Morgan fingerprint density at radius 1 is 1.77 bits per heavy atom. The number of aromatic nitrogens is 2. The molecule has 0 aromatic carbocycles. The Labute approximate surface area is 76.2 Å². The molecular weight excluding hydrogens is 168 g/mol. The molecule has 1 aromatic heterocycles. The molecule has 0 radical (unpaired) electrons. The maximum atomic E-state index is 11.1. The molecule has 0 saturated heterocycles. The molecule has 0 atom stereocenters. The van der Waals surface area contributed by atoms with Crippen molar-refractivity contribution in [1.29, 1.82) is 0 Å². The average molecular weight is 178 g/mol. The highest BCUT2D eigenvalue weighted by Gasteiger charge is 2.08. The van der Waals surface area contributed by atoms with Crippen LogP contribution in [-0.2, 0) is 4.79 Å². The molecule has 0 spiro atoms. The monoisotopic (exact) mass is 178 g/mol. The van der Waals surface area contributed by atoms with E-state index in [0.29, 0.717) is 5.57 Å². The SMILES string of the molecule is C=Cn1ccnc1OC(=O)C(=C)C. The number of hydrogen-bond acceptors (Lipinski definition) is 3. The van der Waals surface area contributed by atoms with Crippen molar-refractivity contribution in [1.82, 2.24) is 9.55 Å². The van der Waals surface area contributed by atoms with E-state index in [1.165, 1.54) is 17.0 Å². The molecule has 0 unspecified atom stereocenters. The summed E-state index contributed by atoms with van der Waals surface area (Å²) in [5.41, 5.74) is 0.332. The van der Waals surface area contributed by atoms with Crippen molar-refractivity contribution < 1.29 is 9.53 Å². The van der Waals surface area contributed by atoms with Crippen molar-refractivity contribution in [3.63, 3.8) is 0 Å². The summed E-state index contributed by atoms with van der Waals surface area (Å²) in [6, 6.07) is 0.197. The van der Waals surface area contributed by atoms with Gasteiger partial charge in [-0.25, -0.2) is 9.78 Å². The van der Waals surface area contributed by atoms with Gasteiger partial charge in [-0.2, -0.15) is 0 Å². The van der Waals surface area contributed by atoms with Crippen molar-refractivity contribution in [2.45, 2.75) is 6.92 Å². The fraction of sp³-hybridized carbons (Fsp3) is 0.111. The highest BCUT2D eigenvalue weighted by molar-refractivity contribution is 5.88. The van der Waals surface area contributed by atoms with E-state index >= 15 is 0 Å². The van der Waals surface area contributed by atoms with Crippen LogP contribution in [0.5, 0.6) is 6.01 Å². The van der Waals surface area contributed by atoms with Gasteiger partial charge in [0.25, 0.3) is 0 Å². The Morgan fingerprint density at radius 3 is 3.00 bits per heavy atom. The third-order valence-electron chi connectivity index (χ3n) is 1.36. The lowest BCUT2D eigenvalue weighted by Crippen LogP contribution is -2.10. The lowest BCUT2D eigenvalue weighted by atomic mass is 10.4. The molecule has 1 rings (SSSR count). The number of carbonyl (C=O) groups is 1. The van der Waals surface area contributed by atoms with E-state index in [9.17, 15) is 4.79 Å². The largest absolute Gasteiger partial charge is 0.388 e. The van der Waals surface area contributed by atoms with Crippen LogP contribution in [0.3, 0.4) is 0 Å². The molecule has 0 bridgehead atoms. The first-order valence-corrected chi connectivity index (χ1v) is 3.68. The number of nitrogens with zero attached hydrogens (tertiary/aromatic N) is 2. The highest BCUT2D eigenvalue weighted by atomic mass is 16.5. The average Bonchev–Trinajstić information content (AvgIpc) is 2.51. The molecule has 1 heterocycles. The predicted molar refractivity (Wildman–Crippen MR) is 49.1 cm³/mol. The van der Waals surface area contributed by atoms with Crippen molar-refractivity contribution in [2.24, 2.45) is 0 Å². The lowest BCUT2D eigenvalue weighted by Gasteiger charge is -2.02. The molecule has 4 heteroatoms. The molecule has 0 aliphatic carbocycles. The van der Waals surface area contributed by atoms with Crippen LogP contribution in [0.4, 0.5) is 0 Å². The Balaban J connectivity index is 2.79. The maximum Gasteiger partial charge on any atom is 0.340 e. The van der Waals surface area contributed by atoms with Gasteiger partial charge in [-0.05, 0) is 6.92 Å². The molecule has 13 heavy (non-hydrogen) atoms. The highest BCUT2D eigenvalue weighted by Crippen LogP contribution is 2.08. The normalized spacial score (nSPS) is 9.31. The number of carbonyl (C=O) groups excluding carboxylic acids is 1. The van der Waals surface area contributed by atoms with Crippen LogP contribution in [-0.4, -0.2) is 15.5 Å². The summed E-state index contributed by atoms with van der Waals surface area (Å²) in [6.07, 6.45) is 4.64. The minimum atomic E-state index is -0.491.